The van der Waals surface area contributed by atoms with Gasteiger partial charge in [0.15, 0.2) is 5.52 Å². The third-order valence-electron chi connectivity index (χ3n) is 2.90. The summed E-state index contributed by atoms with van der Waals surface area (Å²) in [7, 11) is 0. The van der Waals surface area contributed by atoms with Gasteiger partial charge in [0.2, 0.25) is 0 Å². The van der Waals surface area contributed by atoms with Gasteiger partial charge in [-0.3, -0.25) is 4.79 Å². The van der Waals surface area contributed by atoms with E-state index in [1.54, 1.807) is 0 Å². The van der Waals surface area contributed by atoms with E-state index in [0.29, 0.717) is 11.0 Å². The minimum Gasteiger partial charge on any atom is -0.357 e. The average Bonchev–Trinajstić information content (AvgIpc) is 2.83. The van der Waals surface area contributed by atoms with Gasteiger partial charge in [0.05, 0.1) is 11.8 Å². The third-order valence-corrected chi connectivity index (χ3v) is 2.90. The molecule has 1 aliphatic rings. The van der Waals surface area contributed by atoms with Crippen LogP contribution in [-0.4, -0.2) is 28.0 Å². The van der Waals surface area contributed by atoms with Crippen molar-refractivity contribution in [2.24, 2.45) is 0 Å². The summed E-state index contributed by atoms with van der Waals surface area (Å²) in [6.45, 7) is 2.05. The van der Waals surface area contributed by atoms with E-state index >= 15 is 0 Å². The van der Waals surface area contributed by atoms with E-state index in [0.717, 1.165) is 18.9 Å². The first-order valence-corrected chi connectivity index (χ1v) is 5.44. The lowest BCUT2D eigenvalue weighted by molar-refractivity contribution is 0.941. The lowest BCUT2D eigenvalue weighted by Crippen LogP contribution is -2.20. The molecule has 3 heterocycles. The molecule has 2 aromatic heterocycles. The van der Waals surface area contributed by atoms with Gasteiger partial charge in [0.1, 0.15) is 5.82 Å². The Morgan fingerprint density at radius 3 is 2.88 bits per heavy atom. The van der Waals surface area contributed by atoms with Crippen LogP contribution in [0.3, 0.4) is 0 Å². The quantitative estimate of drug-likeness (QED) is 0.770. The lowest BCUT2D eigenvalue weighted by atomic mass is 10.3. The van der Waals surface area contributed by atoms with Gasteiger partial charge in [0, 0.05) is 13.1 Å². The molecule has 0 bridgehead atoms. The van der Waals surface area contributed by atoms with Crippen molar-refractivity contribution >= 4 is 16.9 Å². The molecule has 0 amide bonds. The molecule has 0 aromatic carbocycles. The molecule has 1 fully saturated rings. The number of aromatic amines is 1. The van der Waals surface area contributed by atoms with Crippen molar-refractivity contribution < 1.29 is 0 Å². The maximum Gasteiger partial charge on any atom is 0.277 e. The van der Waals surface area contributed by atoms with E-state index in [9.17, 15) is 4.79 Å². The molecule has 3 rings (SSSR count). The number of nitrogens with one attached hydrogen (secondary N) is 1. The Balaban J connectivity index is 2.14. The number of H-pyrrole nitrogens is 1. The first-order chi connectivity index (χ1) is 7.84. The van der Waals surface area contributed by atoms with Crippen molar-refractivity contribution in [1.82, 2.24) is 15.0 Å². The van der Waals surface area contributed by atoms with E-state index in [1.807, 2.05) is 12.1 Å². The second-order valence-electron chi connectivity index (χ2n) is 3.96. The molecule has 2 aromatic rings. The van der Waals surface area contributed by atoms with E-state index in [2.05, 4.69) is 19.9 Å². The highest BCUT2D eigenvalue weighted by molar-refractivity contribution is 5.74. The van der Waals surface area contributed by atoms with Crippen molar-refractivity contribution in [3.63, 3.8) is 0 Å². The van der Waals surface area contributed by atoms with Crippen LogP contribution in [0.1, 0.15) is 12.8 Å². The van der Waals surface area contributed by atoms with Gasteiger partial charge < -0.3 is 9.88 Å². The molecule has 1 aliphatic heterocycles. The first-order valence-electron chi connectivity index (χ1n) is 5.44. The number of fused-ring (bicyclic) bond motifs is 1. The first kappa shape index (κ1) is 9.33. The highest BCUT2D eigenvalue weighted by atomic mass is 16.1. The summed E-state index contributed by atoms with van der Waals surface area (Å²) in [5.41, 5.74) is 0.893. The van der Waals surface area contributed by atoms with Crippen molar-refractivity contribution in [2.45, 2.75) is 12.8 Å². The fourth-order valence-electron chi connectivity index (χ4n) is 2.06. The average molecular weight is 216 g/mol. The van der Waals surface area contributed by atoms with Gasteiger partial charge in [-0.05, 0) is 25.0 Å². The van der Waals surface area contributed by atoms with Crippen molar-refractivity contribution in [3.8, 4) is 0 Å². The lowest BCUT2D eigenvalue weighted by Gasteiger charge is -2.15. The van der Waals surface area contributed by atoms with Crippen LogP contribution < -0.4 is 10.5 Å². The number of pyridine rings is 1. The fraction of sp³-hybridized carbons (Fsp3) is 0.364. The van der Waals surface area contributed by atoms with Gasteiger partial charge in [-0.2, -0.15) is 0 Å². The summed E-state index contributed by atoms with van der Waals surface area (Å²) in [6.07, 6.45) is 3.80. The summed E-state index contributed by atoms with van der Waals surface area (Å²) in [5.74, 6) is 0.878. The van der Waals surface area contributed by atoms with Crippen LogP contribution in [0.2, 0.25) is 0 Å². The molecule has 82 valence electrons. The van der Waals surface area contributed by atoms with Crippen molar-refractivity contribution in [2.75, 3.05) is 18.0 Å². The zero-order chi connectivity index (χ0) is 11.0. The van der Waals surface area contributed by atoms with Gasteiger partial charge >= 0.3 is 0 Å². The number of rotatable bonds is 1. The summed E-state index contributed by atoms with van der Waals surface area (Å²) in [4.78, 5) is 24.8. The topological polar surface area (TPSA) is 61.9 Å². The van der Waals surface area contributed by atoms with E-state index in [-0.39, 0.29) is 5.56 Å². The molecule has 0 radical (unpaired) electrons. The van der Waals surface area contributed by atoms with Gasteiger partial charge in [-0.25, -0.2) is 9.97 Å². The SMILES string of the molecule is O=c1[nH]cnc2ccc(N3CCCC3)nc12. The number of nitrogens with zero attached hydrogens (tertiary/aromatic N) is 3. The Labute approximate surface area is 92.1 Å². The highest BCUT2D eigenvalue weighted by Gasteiger charge is 2.14. The van der Waals surface area contributed by atoms with Crippen LogP contribution in [0.25, 0.3) is 11.0 Å². The molecule has 5 heteroatoms. The second kappa shape index (κ2) is 3.59. The Kier molecular flexibility index (Phi) is 2.09. The molecule has 0 unspecified atom stereocenters. The molecule has 1 N–H and O–H groups in total. The Hall–Kier alpha value is -1.91. The highest BCUT2D eigenvalue weighted by Crippen LogP contribution is 2.18. The van der Waals surface area contributed by atoms with Crippen LogP contribution in [0.15, 0.2) is 23.3 Å². The third kappa shape index (κ3) is 1.44. The molecular weight excluding hydrogens is 204 g/mol. The predicted octanol–water partition coefficient (Wildman–Crippen LogP) is 0.918. The monoisotopic (exact) mass is 216 g/mol. The molecule has 0 aliphatic carbocycles. The molecular formula is C11H12N4O. The second-order valence-corrected chi connectivity index (χ2v) is 3.96. The summed E-state index contributed by atoms with van der Waals surface area (Å²) in [5, 5.41) is 0. The van der Waals surface area contributed by atoms with E-state index in [1.165, 1.54) is 19.2 Å². The Bertz CT molecular complexity index is 571. The molecule has 0 atom stereocenters. The predicted molar refractivity (Wildman–Crippen MR) is 61.6 cm³/mol. The zero-order valence-corrected chi connectivity index (χ0v) is 8.81. The molecule has 1 saturated heterocycles. The van der Waals surface area contributed by atoms with Crippen molar-refractivity contribution in [1.29, 1.82) is 0 Å². The molecule has 0 spiro atoms. The minimum absolute atomic E-state index is 0.175. The normalized spacial score (nSPS) is 15.9. The number of hydrogen-bond donors (Lipinski definition) is 1. The molecule has 5 nitrogen and oxygen atoms in total. The van der Waals surface area contributed by atoms with Crippen LogP contribution >= 0.6 is 0 Å². The summed E-state index contributed by atoms with van der Waals surface area (Å²) in [6, 6.07) is 3.78. The standard InChI is InChI=1S/C11H12N4O/c16-11-10-8(12-7-13-11)3-4-9(14-10)15-5-1-2-6-15/h3-4,7H,1-2,5-6H2,(H,12,13,16). The van der Waals surface area contributed by atoms with Gasteiger partial charge in [-0.15, -0.1) is 0 Å². The Morgan fingerprint density at radius 1 is 1.25 bits per heavy atom. The van der Waals surface area contributed by atoms with Crippen LogP contribution in [0.5, 0.6) is 0 Å². The van der Waals surface area contributed by atoms with Crippen molar-refractivity contribution in [3.05, 3.63) is 28.8 Å². The smallest absolute Gasteiger partial charge is 0.277 e. The Morgan fingerprint density at radius 2 is 2.06 bits per heavy atom. The summed E-state index contributed by atoms with van der Waals surface area (Å²) >= 11 is 0. The molecule has 0 saturated carbocycles. The number of anilines is 1. The zero-order valence-electron chi connectivity index (χ0n) is 8.81. The fourth-order valence-corrected chi connectivity index (χ4v) is 2.06. The van der Waals surface area contributed by atoms with Gasteiger partial charge in [-0.1, -0.05) is 0 Å². The maximum atomic E-state index is 11.6. The molecule has 16 heavy (non-hydrogen) atoms. The van der Waals surface area contributed by atoms with Crippen LogP contribution in [0, 0.1) is 0 Å². The summed E-state index contributed by atoms with van der Waals surface area (Å²) < 4.78 is 0. The minimum atomic E-state index is -0.175. The van der Waals surface area contributed by atoms with Gasteiger partial charge in [0.25, 0.3) is 5.56 Å². The van der Waals surface area contributed by atoms with Crippen LogP contribution in [0.4, 0.5) is 5.82 Å². The van der Waals surface area contributed by atoms with E-state index in [4.69, 9.17) is 0 Å². The largest absolute Gasteiger partial charge is 0.357 e. The number of aromatic nitrogens is 3. The van der Waals surface area contributed by atoms with Crippen LogP contribution in [-0.2, 0) is 0 Å². The van der Waals surface area contributed by atoms with E-state index < -0.39 is 0 Å². The maximum absolute atomic E-state index is 11.6. The number of hydrogen-bond acceptors (Lipinski definition) is 4.